The summed E-state index contributed by atoms with van der Waals surface area (Å²) in [5.41, 5.74) is 2.98. The van der Waals surface area contributed by atoms with Crippen LogP contribution in [0.1, 0.15) is 64.2 Å². The molecule has 0 atom stereocenters. The molecule has 0 unspecified atom stereocenters. The van der Waals surface area contributed by atoms with Crippen LogP contribution < -0.4 is 14.2 Å². The van der Waals surface area contributed by atoms with Crippen molar-refractivity contribution in [3.8, 4) is 39.5 Å². The number of piperidine rings is 1. The van der Waals surface area contributed by atoms with Crippen molar-refractivity contribution in [2.75, 3.05) is 26.3 Å². The highest BCUT2D eigenvalue weighted by Gasteiger charge is 2.44. The molecule has 1 N–H and O–H groups in total. The van der Waals surface area contributed by atoms with Crippen molar-refractivity contribution < 1.29 is 33.7 Å². The van der Waals surface area contributed by atoms with E-state index in [4.69, 9.17) is 14.2 Å². The van der Waals surface area contributed by atoms with Crippen LogP contribution in [0, 0.1) is 0 Å². The van der Waals surface area contributed by atoms with Crippen molar-refractivity contribution in [3.05, 3.63) is 77.9 Å². The van der Waals surface area contributed by atoms with Crippen LogP contribution in [0.3, 0.4) is 0 Å². The van der Waals surface area contributed by atoms with Crippen LogP contribution in [0.15, 0.2) is 61.2 Å². The fourth-order valence-electron chi connectivity index (χ4n) is 6.08. The van der Waals surface area contributed by atoms with Crippen molar-refractivity contribution in [1.29, 1.82) is 0 Å². The second-order valence-electron chi connectivity index (χ2n) is 11.2. The Kier molecular flexibility index (Phi) is 8.01. The zero-order chi connectivity index (χ0) is 31.7. The molecule has 0 saturated carbocycles. The molecular formula is C34H34N4O7. The lowest BCUT2D eigenvalue weighted by atomic mass is 9.82. The van der Waals surface area contributed by atoms with E-state index in [0.717, 1.165) is 11.1 Å². The Morgan fingerprint density at radius 3 is 2.44 bits per heavy atom. The standard InChI is InChI=1S/C34H34N4O7/c1-4-43-29-9-7-25(31(44-5-2)30(29)22-14-23(33(41)42)18-35-17-22)32(40)38-12-10-34(11-13-38)16-27(39)26-15-21(6-8-28(26)45-34)24-19-36-37(3)20-24/h6-9,14-15,17-20H,4-5,10-13,16H2,1-3H3,(H,41,42). The number of ketones is 1. The average molecular weight is 611 g/mol. The second-order valence-corrected chi connectivity index (χ2v) is 11.2. The van der Waals surface area contributed by atoms with Gasteiger partial charge in [0.15, 0.2) is 5.78 Å². The highest BCUT2D eigenvalue weighted by Crippen LogP contribution is 2.44. The van der Waals surface area contributed by atoms with E-state index in [2.05, 4.69) is 10.1 Å². The highest BCUT2D eigenvalue weighted by atomic mass is 16.5. The third-order valence-corrected chi connectivity index (χ3v) is 8.30. The third kappa shape index (κ3) is 5.73. The molecule has 2 aromatic carbocycles. The van der Waals surface area contributed by atoms with E-state index >= 15 is 0 Å². The third-order valence-electron chi connectivity index (χ3n) is 8.30. The average Bonchev–Trinajstić information content (AvgIpc) is 3.47. The van der Waals surface area contributed by atoms with Gasteiger partial charge in [-0.25, -0.2) is 4.79 Å². The number of fused-ring (bicyclic) bond motifs is 1. The molecule has 0 aliphatic carbocycles. The molecule has 0 bridgehead atoms. The molecule has 4 aromatic rings. The van der Waals surface area contributed by atoms with E-state index in [9.17, 15) is 19.5 Å². The highest BCUT2D eigenvalue weighted by molar-refractivity contribution is 6.02. The smallest absolute Gasteiger partial charge is 0.337 e. The van der Waals surface area contributed by atoms with Gasteiger partial charge in [0.25, 0.3) is 5.91 Å². The minimum absolute atomic E-state index is 0.00681. The van der Waals surface area contributed by atoms with Crippen molar-refractivity contribution in [1.82, 2.24) is 19.7 Å². The lowest BCUT2D eigenvalue weighted by Crippen LogP contribution is -2.52. The number of aromatic carboxylic acids is 1. The van der Waals surface area contributed by atoms with Gasteiger partial charge in [-0.15, -0.1) is 0 Å². The summed E-state index contributed by atoms with van der Waals surface area (Å²) in [6, 6.07) is 10.5. The SMILES string of the molecule is CCOc1ccc(C(=O)N2CCC3(CC2)CC(=O)c2cc(-c4cnn(C)c4)ccc2O3)c(OCC)c1-c1cncc(C(=O)O)c1. The van der Waals surface area contributed by atoms with E-state index in [1.54, 1.807) is 27.9 Å². The summed E-state index contributed by atoms with van der Waals surface area (Å²) in [4.78, 5) is 44.9. The first-order valence-corrected chi connectivity index (χ1v) is 15.0. The fourth-order valence-corrected chi connectivity index (χ4v) is 6.08. The normalized spacial score (nSPS) is 15.4. The molecule has 11 heteroatoms. The molecular weight excluding hydrogens is 576 g/mol. The first-order chi connectivity index (χ1) is 21.7. The van der Waals surface area contributed by atoms with Gasteiger partial charge in [0.1, 0.15) is 22.8 Å². The molecule has 2 aliphatic rings. The Labute approximate surface area is 260 Å². The van der Waals surface area contributed by atoms with Crippen LogP contribution in [-0.4, -0.2) is 74.3 Å². The number of aromatic nitrogens is 3. The molecule has 0 radical (unpaired) electrons. The van der Waals surface area contributed by atoms with Gasteiger partial charge in [-0.05, 0) is 49.7 Å². The molecule has 232 valence electrons. The van der Waals surface area contributed by atoms with Gasteiger partial charge in [-0.2, -0.15) is 5.10 Å². The van der Waals surface area contributed by atoms with Crippen LogP contribution in [0.5, 0.6) is 17.2 Å². The molecule has 1 fully saturated rings. The van der Waals surface area contributed by atoms with Crippen molar-refractivity contribution >= 4 is 17.7 Å². The molecule has 2 aromatic heterocycles. The van der Waals surface area contributed by atoms with Crippen LogP contribution in [0.25, 0.3) is 22.3 Å². The quantitative estimate of drug-likeness (QED) is 0.283. The van der Waals surface area contributed by atoms with E-state index in [0.29, 0.717) is 72.0 Å². The lowest BCUT2D eigenvalue weighted by Gasteiger charge is -2.44. The van der Waals surface area contributed by atoms with Gasteiger partial charge in [-0.1, -0.05) is 6.07 Å². The maximum Gasteiger partial charge on any atom is 0.337 e. The topological polar surface area (TPSA) is 133 Å². The Balaban J connectivity index is 1.25. The van der Waals surface area contributed by atoms with Gasteiger partial charge < -0.3 is 24.2 Å². The zero-order valence-electron chi connectivity index (χ0n) is 25.4. The number of hydrogen-bond acceptors (Lipinski definition) is 8. The number of carbonyl (C=O) groups is 3. The van der Waals surface area contributed by atoms with Crippen molar-refractivity contribution in [2.45, 2.75) is 38.7 Å². The number of nitrogens with zero attached hydrogens (tertiary/aromatic N) is 4. The Morgan fingerprint density at radius 1 is 0.978 bits per heavy atom. The molecule has 4 heterocycles. The predicted octanol–water partition coefficient (Wildman–Crippen LogP) is 5.28. The zero-order valence-corrected chi connectivity index (χ0v) is 25.4. The van der Waals surface area contributed by atoms with Gasteiger partial charge in [-0.3, -0.25) is 19.3 Å². The van der Waals surface area contributed by atoms with Crippen LogP contribution >= 0.6 is 0 Å². The maximum absolute atomic E-state index is 14.0. The van der Waals surface area contributed by atoms with Crippen LogP contribution in [-0.2, 0) is 7.05 Å². The number of benzene rings is 2. The maximum atomic E-state index is 14.0. The Hall–Kier alpha value is -5.19. The second kappa shape index (κ2) is 12.1. The number of ether oxygens (including phenoxy) is 3. The summed E-state index contributed by atoms with van der Waals surface area (Å²) < 4.78 is 20.1. The summed E-state index contributed by atoms with van der Waals surface area (Å²) in [6.07, 6.45) is 7.68. The number of carboxylic acid groups (broad SMARTS) is 1. The molecule has 2 aliphatic heterocycles. The predicted molar refractivity (Wildman–Crippen MR) is 165 cm³/mol. The van der Waals surface area contributed by atoms with Gasteiger partial charge in [0.05, 0.1) is 48.1 Å². The molecule has 1 saturated heterocycles. The molecule has 45 heavy (non-hydrogen) atoms. The largest absolute Gasteiger partial charge is 0.493 e. The minimum Gasteiger partial charge on any atom is -0.493 e. The summed E-state index contributed by atoms with van der Waals surface area (Å²) in [6.45, 7) is 5.07. The van der Waals surface area contributed by atoms with E-state index in [-0.39, 0.29) is 30.3 Å². The van der Waals surface area contributed by atoms with Gasteiger partial charge >= 0.3 is 5.97 Å². The summed E-state index contributed by atoms with van der Waals surface area (Å²) in [7, 11) is 1.85. The molecule has 1 amide bonds. The number of carboxylic acids is 1. The van der Waals surface area contributed by atoms with Crippen LogP contribution in [0.2, 0.25) is 0 Å². The monoisotopic (exact) mass is 610 g/mol. The van der Waals surface area contributed by atoms with Crippen LogP contribution in [0.4, 0.5) is 0 Å². The number of Topliss-reactive ketones (excluding diaryl/α,β-unsaturated/α-hetero) is 1. The molecule has 11 nitrogen and oxygen atoms in total. The summed E-state index contributed by atoms with van der Waals surface area (Å²) >= 11 is 0. The Bertz CT molecular complexity index is 1790. The first kappa shape index (κ1) is 29.9. The van der Waals surface area contributed by atoms with Gasteiger partial charge in [0.2, 0.25) is 0 Å². The lowest BCUT2D eigenvalue weighted by molar-refractivity contribution is -0.00577. The summed E-state index contributed by atoms with van der Waals surface area (Å²) in [5, 5.41) is 13.8. The first-order valence-electron chi connectivity index (χ1n) is 15.0. The summed E-state index contributed by atoms with van der Waals surface area (Å²) in [5.74, 6) is -0.00264. The fraction of sp³-hybridized carbons (Fsp3) is 0.324. The number of pyridine rings is 1. The van der Waals surface area contributed by atoms with Crippen molar-refractivity contribution in [2.24, 2.45) is 7.05 Å². The van der Waals surface area contributed by atoms with Crippen molar-refractivity contribution in [3.63, 3.8) is 0 Å². The van der Waals surface area contributed by atoms with Gasteiger partial charge in [0, 0.05) is 62.7 Å². The number of aryl methyl sites for hydroxylation is 1. The number of carbonyl (C=O) groups excluding carboxylic acids is 2. The minimum atomic E-state index is -1.12. The van der Waals surface area contributed by atoms with E-state index in [1.807, 2.05) is 45.3 Å². The Morgan fingerprint density at radius 2 is 1.76 bits per heavy atom. The number of rotatable bonds is 8. The number of amides is 1. The molecule has 6 rings (SSSR count). The number of likely N-dealkylation sites (tertiary alicyclic amines) is 1. The van der Waals surface area contributed by atoms with E-state index in [1.165, 1.54) is 18.5 Å². The molecule has 1 spiro atoms. The number of hydrogen-bond donors (Lipinski definition) is 1. The van der Waals surface area contributed by atoms with E-state index < -0.39 is 11.6 Å².